The van der Waals surface area contributed by atoms with Gasteiger partial charge in [0.05, 0.1) is 18.6 Å². The van der Waals surface area contributed by atoms with Crippen LogP contribution in [0.2, 0.25) is 0 Å². The van der Waals surface area contributed by atoms with Crippen LogP contribution >= 0.6 is 40.5 Å². The summed E-state index contributed by atoms with van der Waals surface area (Å²) in [6, 6.07) is 0.974. The first-order valence-corrected chi connectivity index (χ1v) is 13.6. The number of nitrogens with one attached hydrogen (secondary N) is 1. The van der Waals surface area contributed by atoms with E-state index in [4.69, 9.17) is 11.1 Å². The van der Waals surface area contributed by atoms with Crippen molar-refractivity contribution in [1.82, 2.24) is 14.7 Å². The van der Waals surface area contributed by atoms with E-state index in [0.29, 0.717) is 23.9 Å². The van der Waals surface area contributed by atoms with Crippen LogP contribution in [-0.2, 0) is 0 Å². The van der Waals surface area contributed by atoms with E-state index >= 15 is 0 Å². The van der Waals surface area contributed by atoms with E-state index in [2.05, 4.69) is 54.3 Å². The zero-order valence-electron chi connectivity index (χ0n) is 23.3. The molecule has 6 nitrogen and oxygen atoms in total. The SMILES string of the molecule is CCCCCCCN1C(N)=NC[C@@H]1CCCCN1C[C@H](C(C)CC)N(CC(C)CC)C1=N.S.S.S. The number of unbranched alkanes of at least 4 members (excludes halogenated alkanes) is 5. The first-order chi connectivity index (χ1) is 15.4. The summed E-state index contributed by atoms with van der Waals surface area (Å²) in [5, 5.41) is 8.82. The van der Waals surface area contributed by atoms with Crippen molar-refractivity contribution in [3.63, 3.8) is 0 Å². The van der Waals surface area contributed by atoms with Crippen LogP contribution in [0, 0.1) is 17.2 Å². The lowest BCUT2D eigenvalue weighted by molar-refractivity contribution is 0.230. The zero-order valence-corrected chi connectivity index (χ0v) is 26.3. The number of nitrogens with zero attached hydrogens (tertiary/aromatic N) is 4. The predicted molar refractivity (Wildman–Crippen MR) is 169 cm³/mol. The second-order valence-electron chi connectivity index (χ2n) is 10.3. The molecule has 0 aromatic rings. The van der Waals surface area contributed by atoms with E-state index in [-0.39, 0.29) is 40.5 Å². The Hall–Kier alpha value is -0.410. The first kappa shape index (κ1) is 36.7. The Bertz CT molecular complexity index is 591. The van der Waals surface area contributed by atoms with E-state index in [9.17, 15) is 0 Å². The predicted octanol–water partition coefficient (Wildman–Crippen LogP) is 5.48. The number of nitrogens with two attached hydrogens (primary N) is 1. The van der Waals surface area contributed by atoms with Gasteiger partial charge in [0.2, 0.25) is 0 Å². The van der Waals surface area contributed by atoms with Crippen molar-refractivity contribution < 1.29 is 0 Å². The molecule has 4 atom stereocenters. The van der Waals surface area contributed by atoms with Gasteiger partial charge < -0.3 is 20.4 Å². The highest BCUT2D eigenvalue weighted by Crippen LogP contribution is 2.26. The fourth-order valence-corrected chi connectivity index (χ4v) is 5.08. The quantitative estimate of drug-likeness (QED) is 0.250. The Balaban J connectivity index is 0. The van der Waals surface area contributed by atoms with Gasteiger partial charge in [-0.25, -0.2) is 0 Å². The van der Waals surface area contributed by atoms with Crippen LogP contribution in [0.25, 0.3) is 0 Å². The van der Waals surface area contributed by atoms with Crippen molar-refractivity contribution >= 4 is 52.4 Å². The number of hydrogen-bond donors (Lipinski definition) is 2. The number of guanidine groups is 2. The Morgan fingerprint density at radius 3 is 2.20 bits per heavy atom. The van der Waals surface area contributed by atoms with Gasteiger partial charge in [-0.05, 0) is 37.5 Å². The normalized spacial score (nSPS) is 21.2. The Labute approximate surface area is 238 Å². The largest absolute Gasteiger partial charge is 0.370 e. The summed E-state index contributed by atoms with van der Waals surface area (Å²) in [6.45, 7) is 16.4. The van der Waals surface area contributed by atoms with Crippen LogP contribution in [0.1, 0.15) is 98.8 Å². The third-order valence-corrected chi connectivity index (χ3v) is 7.80. The van der Waals surface area contributed by atoms with Gasteiger partial charge in [0.1, 0.15) is 0 Å². The molecule has 35 heavy (non-hydrogen) atoms. The van der Waals surface area contributed by atoms with Crippen LogP contribution in [0.4, 0.5) is 0 Å². The monoisotopic (exact) mass is 550 g/mol. The van der Waals surface area contributed by atoms with Gasteiger partial charge >= 0.3 is 0 Å². The average molecular weight is 551 g/mol. The van der Waals surface area contributed by atoms with Crippen LogP contribution in [0.15, 0.2) is 4.99 Å². The maximum absolute atomic E-state index is 8.82. The minimum Gasteiger partial charge on any atom is -0.370 e. The van der Waals surface area contributed by atoms with E-state index < -0.39 is 0 Å². The molecule has 0 bridgehead atoms. The lowest BCUT2D eigenvalue weighted by Crippen LogP contribution is -2.41. The molecule has 2 unspecified atom stereocenters. The maximum Gasteiger partial charge on any atom is 0.194 e. The van der Waals surface area contributed by atoms with Gasteiger partial charge in [0.25, 0.3) is 0 Å². The van der Waals surface area contributed by atoms with Crippen LogP contribution in [0.5, 0.6) is 0 Å². The minimum absolute atomic E-state index is 0. The van der Waals surface area contributed by atoms with Gasteiger partial charge in [-0.2, -0.15) is 40.5 Å². The van der Waals surface area contributed by atoms with Crippen molar-refractivity contribution in [3.8, 4) is 0 Å². The third-order valence-electron chi connectivity index (χ3n) is 7.80. The molecule has 0 spiro atoms. The molecular formula is C26H58N6S3. The Morgan fingerprint density at radius 2 is 1.57 bits per heavy atom. The standard InChI is InChI=1S/C26H52N6.3H2S/c1-6-9-10-11-13-17-31-23(18-29-25(31)27)15-12-14-16-30-20-24(22(5)8-3)32(26(30)28)19-21(4)7-2;;;/h21-24,28H,6-20H2,1-5H3,(H2,27,29);3*1H2/t21?,22?,23-,24+;;;/m0.../s1. The van der Waals surface area contributed by atoms with Crippen molar-refractivity contribution in [3.05, 3.63) is 0 Å². The second kappa shape index (κ2) is 19.7. The Kier molecular flexibility index (Phi) is 20.6. The maximum atomic E-state index is 8.82. The van der Waals surface area contributed by atoms with Gasteiger partial charge in [0.15, 0.2) is 11.9 Å². The summed E-state index contributed by atoms with van der Waals surface area (Å²) in [4.78, 5) is 11.6. The first-order valence-electron chi connectivity index (χ1n) is 13.6. The summed E-state index contributed by atoms with van der Waals surface area (Å²) in [7, 11) is 0. The molecule has 0 aliphatic carbocycles. The molecule has 210 valence electrons. The van der Waals surface area contributed by atoms with Crippen molar-refractivity contribution in [2.45, 2.75) is 111 Å². The summed E-state index contributed by atoms with van der Waals surface area (Å²) >= 11 is 0. The molecule has 2 heterocycles. The van der Waals surface area contributed by atoms with Crippen LogP contribution < -0.4 is 5.73 Å². The van der Waals surface area contributed by atoms with Crippen molar-refractivity contribution in [2.24, 2.45) is 22.6 Å². The average Bonchev–Trinajstić information content (AvgIpc) is 3.30. The van der Waals surface area contributed by atoms with Crippen molar-refractivity contribution in [1.29, 1.82) is 5.41 Å². The van der Waals surface area contributed by atoms with E-state index in [0.717, 1.165) is 57.5 Å². The molecule has 0 aromatic carbocycles. The topological polar surface area (TPSA) is 72.0 Å². The third kappa shape index (κ3) is 11.2. The molecule has 2 aliphatic heterocycles. The van der Waals surface area contributed by atoms with E-state index in [1.54, 1.807) is 0 Å². The van der Waals surface area contributed by atoms with Gasteiger partial charge in [-0.15, -0.1) is 0 Å². The highest BCUT2D eigenvalue weighted by Gasteiger charge is 2.37. The summed E-state index contributed by atoms with van der Waals surface area (Å²) in [5.74, 6) is 2.79. The molecule has 3 N–H and O–H groups in total. The van der Waals surface area contributed by atoms with E-state index in [1.165, 1.54) is 51.4 Å². The number of rotatable bonds is 16. The zero-order chi connectivity index (χ0) is 23.5. The number of hydrogen-bond acceptors (Lipinski definition) is 4. The molecule has 2 rings (SSSR count). The van der Waals surface area contributed by atoms with Crippen LogP contribution in [-0.4, -0.2) is 71.4 Å². The fourth-order valence-electron chi connectivity index (χ4n) is 5.08. The highest BCUT2D eigenvalue weighted by atomic mass is 32.1. The highest BCUT2D eigenvalue weighted by molar-refractivity contribution is 7.59. The van der Waals surface area contributed by atoms with Crippen molar-refractivity contribution in [2.75, 3.05) is 32.7 Å². The molecule has 9 heteroatoms. The number of aliphatic imine (C=N–C) groups is 1. The summed E-state index contributed by atoms with van der Waals surface area (Å²) in [5.41, 5.74) is 6.19. The minimum atomic E-state index is 0. The molecule has 0 amide bonds. The lowest BCUT2D eigenvalue weighted by Gasteiger charge is -2.31. The second-order valence-corrected chi connectivity index (χ2v) is 10.3. The smallest absolute Gasteiger partial charge is 0.194 e. The summed E-state index contributed by atoms with van der Waals surface area (Å²) in [6.07, 6.45) is 12.3. The van der Waals surface area contributed by atoms with E-state index in [1.807, 2.05) is 0 Å². The fraction of sp³-hybridized carbons (Fsp3) is 0.923. The summed E-state index contributed by atoms with van der Waals surface area (Å²) < 4.78 is 0. The van der Waals surface area contributed by atoms with Gasteiger partial charge in [0, 0.05) is 26.2 Å². The Morgan fingerprint density at radius 1 is 0.914 bits per heavy atom. The molecular weight excluding hydrogens is 493 g/mol. The molecule has 1 fully saturated rings. The molecule has 1 saturated heterocycles. The molecule has 0 aromatic heterocycles. The lowest BCUT2D eigenvalue weighted by atomic mass is 9.97. The molecule has 0 saturated carbocycles. The van der Waals surface area contributed by atoms with Crippen LogP contribution in [0.3, 0.4) is 0 Å². The van der Waals surface area contributed by atoms with Gasteiger partial charge in [-0.3, -0.25) is 10.4 Å². The molecule has 0 radical (unpaired) electrons. The molecule has 2 aliphatic rings. The van der Waals surface area contributed by atoms with Gasteiger partial charge in [-0.1, -0.05) is 73.1 Å².